The average molecular weight is 669 g/mol. The van der Waals surface area contributed by atoms with E-state index >= 15 is 4.39 Å². The van der Waals surface area contributed by atoms with Crippen LogP contribution in [0.3, 0.4) is 0 Å². The van der Waals surface area contributed by atoms with Crippen LogP contribution >= 0.6 is 11.6 Å². The lowest BCUT2D eigenvalue weighted by atomic mass is 9.87. The number of aromatic nitrogens is 1. The SMILES string of the molecule is COC1(C)CN([C@H]2C[C@@H](COC3CCC(C(=O)O)CC3)N(C(=O)Cc3cc(Cl)c(NC(=O)c4cn(C)c5ccccc45)cc3F)C2)C1. The van der Waals surface area contributed by atoms with E-state index in [0.717, 1.165) is 30.4 Å². The van der Waals surface area contributed by atoms with Crippen LogP contribution in [0.2, 0.25) is 5.02 Å². The number of benzene rings is 2. The molecule has 3 heterocycles. The highest BCUT2D eigenvalue weighted by Crippen LogP contribution is 2.34. The van der Waals surface area contributed by atoms with Gasteiger partial charge in [-0.15, -0.1) is 0 Å². The second-order valence-corrected chi connectivity index (χ2v) is 13.9. The Labute approximate surface area is 278 Å². The minimum Gasteiger partial charge on any atom is -0.481 e. The van der Waals surface area contributed by atoms with Gasteiger partial charge in [0.2, 0.25) is 5.91 Å². The predicted octanol–water partition coefficient (Wildman–Crippen LogP) is 5.12. The fraction of sp³-hybridized carbons (Fsp3) is 0.514. The van der Waals surface area contributed by atoms with Crippen molar-refractivity contribution in [3.8, 4) is 0 Å². The van der Waals surface area contributed by atoms with E-state index in [2.05, 4.69) is 17.1 Å². The normalized spacial score (nSPS) is 24.3. The molecule has 2 atom stereocenters. The van der Waals surface area contributed by atoms with Crippen molar-refractivity contribution in [3.63, 3.8) is 0 Å². The van der Waals surface area contributed by atoms with E-state index in [4.69, 9.17) is 21.1 Å². The Balaban J connectivity index is 1.13. The number of carbonyl (C=O) groups excluding carboxylic acids is 2. The van der Waals surface area contributed by atoms with Gasteiger partial charge in [0.15, 0.2) is 0 Å². The first kappa shape index (κ1) is 33.4. The number of carboxylic acids is 1. The molecule has 0 unspecified atom stereocenters. The molecule has 0 radical (unpaired) electrons. The van der Waals surface area contributed by atoms with Crippen molar-refractivity contribution in [2.75, 3.05) is 38.7 Å². The van der Waals surface area contributed by atoms with Gasteiger partial charge in [-0.2, -0.15) is 0 Å². The number of nitrogens with one attached hydrogen (secondary N) is 1. The van der Waals surface area contributed by atoms with Crippen molar-refractivity contribution in [2.45, 2.75) is 69.2 Å². The van der Waals surface area contributed by atoms with Crippen molar-refractivity contribution in [1.29, 1.82) is 0 Å². The third kappa shape index (κ3) is 7.04. The summed E-state index contributed by atoms with van der Waals surface area (Å²) in [4.78, 5) is 42.4. The number of rotatable bonds is 10. The lowest BCUT2D eigenvalue weighted by Gasteiger charge is -2.49. The summed E-state index contributed by atoms with van der Waals surface area (Å²) >= 11 is 6.54. The van der Waals surface area contributed by atoms with Crippen LogP contribution in [-0.4, -0.2) is 94.4 Å². The quantitative estimate of drug-likeness (QED) is 0.309. The van der Waals surface area contributed by atoms with Gasteiger partial charge in [-0.3, -0.25) is 19.3 Å². The fourth-order valence-electron chi connectivity index (χ4n) is 7.34. The molecule has 3 fully saturated rings. The summed E-state index contributed by atoms with van der Waals surface area (Å²) in [7, 11) is 3.56. The molecule has 2 saturated heterocycles. The number of halogens is 2. The number of hydrogen-bond donors (Lipinski definition) is 2. The molecule has 0 spiro atoms. The standard InChI is InChI=1S/C35H42ClFN4O6/c1-35(46-3)19-40(20-35)23-14-24(18-47-25-10-8-21(9-11-25)34(44)45)41(16-23)32(42)13-22-12-28(36)30(15-29(22)37)38-33(43)27-17-39(2)31-7-5-4-6-26(27)31/h4-7,12,15,17,21,23-25H,8-11,13-14,16,18-20H2,1-3H3,(H,38,43)(H,44,45)/t21?,23-,24-,25?/m0/s1. The third-order valence-corrected chi connectivity index (χ3v) is 10.5. The van der Waals surface area contributed by atoms with Gasteiger partial charge in [0.25, 0.3) is 5.91 Å². The van der Waals surface area contributed by atoms with E-state index in [1.54, 1.807) is 18.2 Å². The molecule has 2 amide bonds. The minimum absolute atomic E-state index is 0.0460. The highest BCUT2D eigenvalue weighted by Gasteiger charge is 2.47. The second-order valence-electron chi connectivity index (χ2n) is 13.5. The van der Waals surface area contributed by atoms with Gasteiger partial charge in [-0.25, -0.2) is 4.39 Å². The highest BCUT2D eigenvalue weighted by atomic mass is 35.5. The Hall–Kier alpha value is -3.51. The van der Waals surface area contributed by atoms with Gasteiger partial charge in [-0.1, -0.05) is 29.8 Å². The van der Waals surface area contributed by atoms with Crippen molar-refractivity contribution < 1.29 is 33.4 Å². The summed E-state index contributed by atoms with van der Waals surface area (Å²) in [5, 5.41) is 13.0. The van der Waals surface area contributed by atoms with Crippen molar-refractivity contribution in [1.82, 2.24) is 14.4 Å². The predicted molar refractivity (Wildman–Crippen MR) is 176 cm³/mol. The van der Waals surface area contributed by atoms with Crippen LogP contribution in [0.1, 0.15) is 54.9 Å². The molecule has 1 aliphatic carbocycles. The molecule has 3 aromatic rings. The van der Waals surface area contributed by atoms with Crippen LogP contribution < -0.4 is 5.32 Å². The van der Waals surface area contributed by atoms with Crippen LogP contribution in [0, 0.1) is 11.7 Å². The number of amides is 2. The van der Waals surface area contributed by atoms with E-state index < -0.39 is 17.7 Å². The summed E-state index contributed by atoms with van der Waals surface area (Å²) < 4.78 is 29.2. The zero-order valence-electron chi connectivity index (χ0n) is 27.0. The largest absolute Gasteiger partial charge is 0.481 e. The molecule has 1 aromatic heterocycles. The number of aryl methyl sites for hydroxylation is 1. The molecule has 10 nitrogen and oxygen atoms in total. The number of carbonyl (C=O) groups is 3. The summed E-state index contributed by atoms with van der Waals surface area (Å²) in [5.74, 6) is -2.36. The summed E-state index contributed by atoms with van der Waals surface area (Å²) in [6.07, 6.45) is 4.71. The number of fused-ring (bicyclic) bond motifs is 1. The Bertz CT molecular complexity index is 1660. The summed E-state index contributed by atoms with van der Waals surface area (Å²) in [5.41, 5.74) is 1.40. The van der Waals surface area contributed by atoms with Gasteiger partial charge in [0.05, 0.1) is 53.0 Å². The number of ether oxygens (including phenoxy) is 2. The smallest absolute Gasteiger partial charge is 0.306 e. The van der Waals surface area contributed by atoms with E-state index in [1.807, 2.05) is 35.9 Å². The Morgan fingerprint density at radius 1 is 1.13 bits per heavy atom. The van der Waals surface area contributed by atoms with Crippen molar-refractivity contribution >= 4 is 46.0 Å². The number of nitrogens with zero attached hydrogens (tertiary/aromatic N) is 3. The van der Waals surface area contributed by atoms with Crippen LogP contribution in [0.15, 0.2) is 42.6 Å². The zero-order chi connectivity index (χ0) is 33.5. The Morgan fingerprint density at radius 2 is 1.85 bits per heavy atom. The zero-order valence-corrected chi connectivity index (χ0v) is 27.8. The van der Waals surface area contributed by atoms with Crippen molar-refractivity contribution in [3.05, 3.63) is 64.6 Å². The summed E-state index contributed by atoms with van der Waals surface area (Å²) in [6.45, 7) is 4.42. The van der Waals surface area contributed by atoms with Crippen LogP contribution in [0.5, 0.6) is 0 Å². The molecule has 2 aliphatic heterocycles. The number of para-hydroxylation sites is 1. The summed E-state index contributed by atoms with van der Waals surface area (Å²) in [6, 6.07) is 10.0. The van der Waals surface area contributed by atoms with Gasteiger partial charge >= 0.3 is 5.97 Å². The van der Waals surface area contributed by atoms with Crippen LogP contribution in [0.25, 0.3) is 10.9 Å². The molecular formula is C35H42ClFN4O6. The maximum Gasteiger partial charge on any atom is 0.306 e. The van der Waals surface area contributed by atoms with Crippen LogP contribution in [0.4, 0.5) is 10.1 Å². The van der Waals surface area contributed by atoms with E-state index in [0.29, 0.717) is 44.4 Å². The van der Waals surface area contributed by atoms with E-state index in [9.17, 15) is 19.5 Å². The highest BCUT2D eigenvalue weighted by molar-refractivity contribution is 6.34. The molecule has 1 saturated carbocycles. The number of carboxylic acid groups (broad SMARTS) is 1. The Morgan fingerprint density at radius 3 is 2.55 bits per heavy atom. The maximum atomic E-state index is 15.5. The molecule has 2 aromatic carbocycles. The molecule has 252 valence electrons. The fourth-order valence-corrected chi connectivity index (χ4v) is 7.57. The number of methoxy groups -OCH3 is 1. The first-order chi connectivity index (χ1) is 22.4. The average Bonchev–Trinajstić information content (AvgIpc) is 3.62. The molecule has 2 N–H and O–H groups in total. The lowest BCUT2D eigenvalue weighted by molar-refractivity contribution is -0.144. The van der Waals surface area contributed by atoms with Crippen LogP contribution in [-0.2, 0) is 32.5 Å². The second kappa shape index (κ2) is 13.5. The molecule has 12 heteroatoms. The Kier molecular flexibility index (Phi) is 9.62. The number of anilines is 1. The molecule has 6 rings (SSSR count). The molecule has 0 bridgehead atoms. The number of hydrogen-bond acceptors (Lipinski definition) is 6. The molecule has 3 aliphatic rings. The lowest BCUT2D eigenvalue weighted by Crippen LogP contribution is -2.64. The molecule has 47 heavy (non-hydrogen) atoms. The van der Waals surface area contributed by atoms with E-state index in [1.165, 1.54) is 12.1 Å². The van der Waals surface area contributed by atoms with Gasteiger partial charge in [-0.05, 0) is 62.8 Å². The van der Waals surface area contributed by atoms with Gasteiger partial charge < -0.3 is 29.4 Å². The number of likely N-dealkylation sites (tertiary alicyclic amines) is 2. The maximum absolute atomic E-state index is 15.5. The van der Waals surface area contributed by atoms with Gasteiger partial charge in [0, 0.05) is 56.9 Å². The first-order valence-corrected chi connectivity index (χ1v) is 16.6. The third-order valence-electron chi connectivity index (χ3n) is 10.2. The van der Waals surface area contributed by atoms with Gasteiger partial charge in [0.1, 0.15) is 5.82 Å². The van der Waals surface area contributed by atoms with E-state index in [-0.39, 0.29) is 58.3 Å². The topological polar surface area (TPSA) is 113 Å². The minimum atomic E-state index is -0.760. The monoisotopic (exact) mass is 668 g/mol. The number of aliphatic carboxylic acids is 1. The first-order valence-electron chi connectivity index (χ1n) is 16.2. The van der Waals surface area contributed by atoms with Crippen molar-refractivity contribution in [2.24, 2.45) is 13.0 Å². The molecular weight excluding hydrogens is 627 g/mol.